The molecule has 0 radical (unpaired) electrons. The third kappa shape index (κ3) is 3.71. The summed E-state index contributed by atoms with van der Waals surface area (Å²) in [4.78, 5) is 15.3. The minimum atomic E-state index is -3.48. The highest BCUT2D eigenvalue weighted by molar-refractivity contribution is 7.89. The molecule has 2 aromatic carbocycles. The molecule has 0 spiro atoms. The quantitative estimate of drug-likeness (QED) is 0.799. The van der Waals surface area contributed by atoms with E-state index in [0.717, 1.165) is 18.5 Å². The molecule has 28 heavy (non-hydrogen) atoms. The lowest BCUT2D eigenvalue weighted by atomic mass is 9.94. The van der Waals surface area contributed by atoms with Crippen molar-refractivity contribution in [1.82, 2.24) is 9.21 Å². The first kappa shape index (κ1) is 19.2. The number of hydrogen-bond donors (Lipinski definition) is 0. The highest BCUT2D eigenvalue weighted by Gasteiger charge is 2.34. The standard InChI is InChI=1S/C22H26N2O3S/c1-17-6-8-21(9-7-17)28(26,27)24-14-11-19(12-15-24)22(25)23-13-10-18-4-2-3-5-20(18)16-23/h2-9,19H,10-16H2,1H3. The van der Waals surface area contributed by atoms with Crippen LogP contribution in [-0.4, -0.2) is 43.2 Å². The number of nitrogens with zero attached hydrogens (tertiary/aromatic N) is 2. The van der Waals surface area contributed by atoms with Crippen LogP contribution in [-0.2, 0) is 27.8 Å². The smallest absolute Gasteiger partial charge is 0.243 e. The molecule has 0 unspecified atom stereocenters. The minimum Gasteiger partial charge on any atom is -0.338 e. The number of hydrogen-bond acceptors (Lipinski definition) is 3. The van der Waals surface area contributed by atoms with Crippen LogP contribution in [0.4, 0.5) is 0 Å². The van der Waals surface area contributed by atoms with E-state index in [2.05, 4.69) is 12.1 Å². The topological polar surface area (TPSA) is 57.7 Å². The Balaban J connectivity index is 1.39. The predicted octanol–water partition coefficient (Wildman–Crippen LogP) is 2.98. The third-order valence-electron chi connectivity index (χ3n) is 5.90. The maximum atomic E-state index is 13.0. The summed E-state index contributed by atoms with van der Waals surface area (Å²) in [6, 6.07) is 15.2. The third-order valence-corrected chi connectivity index (χ3v) is 7.82. The van der Waals surface area contributed by atoms with E-state index in [9.17, 15) is 13.2 Å². The van der Waals surface area contributed by atoms with E-state index in [-0.39, 0.29) is 11.8 Å². The zero-order valence-corrected chi connectivity index (χ0v) is 17.0. The van der Waals surface area contributed by atoms with E-state index in [1.807, 2.05) is 36.1 Å². The number of aryl methyl sites for hydroxylation is 1. The number of carbonyl (C=O) groups is 1. The fraction of sp³-hybridized carbons (Fsp3) is 0.409. The maximum Gasteiger partial charge on any atom is 0.243 e. The van der Waals surface area contributed by atoms with Gasteiger partial charge in [0.2, 0.25) is 15.9 Å². The van der Waals surface area contributed by atoms with Gasteiger partial charge in [0.05, 0.1) is 4.90 Å². The average molecular weight is 399 g/mol. The minimum absolute atomic E-state index is 0.0882. The summed E-state index contributed by atoms with van der Waals surface area (Å²) in [5.41, 5.74) is 3.58. The first-order chi connectivity index (χ1) is 13.4. The van der Waals surface area contributed by atoms with Crippen LogP contribution < -0.4 is 0 Å². The first-order valence-corrected chi connectivity index (χ1v) is 11.3. The highest BCUT2D eigenvalue weighted by Crippen LogP contribution is 2.27. The molecule has 2 aliphatic rings. The normalized spacial score (nSPS) is 18.7. The molecular formula is C22H26N2O3S. The number of fused-ring (bicyclic) bond motifs is 1. The van der Waals surface area contributed by atoms with Gasteiger partial charge in [-0.1, -0.05) is 42.0 Å². The summed E-state index contributed by atoms with van der Waals surface area (Å²) in [6.45, 7) is 4.15. The molecule has 2 aliphatic heterocycles. The summed E-state index contributed by atoms with van der Waals surface area (Å²) < 4.78 is 27.2. The largest absolute Gasteiger partial charge is 0.338 e. The second kappa shape index (κ2) is 7.68. The van der Waals surface area contributed by atoms with Gasteiger partial charge in [0, 0.05) is 32.1 Å². The van der Waals surface area contributed by atoms with Crippen molar-refractivity contribution in [2.45, 2.75) is 37.6 Å². The SMILES string of the molecule is Cc1ccc(S(=O)(=O)N2CCC(C(=O)N3CCc4ccccc4C3)CC2)cc1. The molecule has 0 aliphatic carbocycles. The van der Waals surface area contributed by atoms with Crippen molar-refractivity contribution in [1.29, 1.82) is 0 Å². The van der Waals surface area contributed by atoms with Crippen LogP contribution >= 0.6 is 0 Å². The molecule has 4 rings (SSSR count). The summed E-state index contributed by atoms with van der Waals surface area (Å²) >= 11 is 0. The van der Waals surface area contributed by atoms with Crippen molar-refractivity contribution < 1.29 is 13.2 Å². The van der Waals surface area contributed by atoms with Crippen LogP contribution in [0.25, 0.3) is 0 Å². The molecule has 1 fully saturated rings. The molecule has 0 N–H and O–H groups in total. The molecule has 0 saturated carbocycles. The van der Waals surface area contributed by atoms with Crippen molar-refractivity contribution in [2.75, 3.05) is 19.6 Å². The number of benzene rings is 2. The molecule has 2 heterocycles. The predicted molar refractivity (Wildman–Crippen MR) is 108 cm³/mol. The zero-order valence-electron chi connectivity index (χ0n) is 16.2. The molecular weight excluding hydrogens is 372 g/mol. The van der Waals surface area contributed by atoms with Crippen LogP contribution in [0.2, 0.25) is 0 Å². The fourth-order valence-corrected chi connectivity index (χ4v) is 5.61. The van der Waals surface area contributed by atoms with E-state index in [4.69, 9.17) is 0 Å². The van der Waals surface area contributed by atoms with Crippen LogP contribution in [0, 0.1) is 12.8 Å². The molecule has 6 heteroatoms. The second-order valence-corrected chi connectivity index (χ2v) is 9.71. The molecule has 0 atom stereocenters. The van der Waals surface area contributed by atoms with Gasteiger partial charge in [-0.05, 0) is 49.4 Å². The fourth-order valence-electron chi connectivity index (χ4n) is 4.14. The van der Waals surface area contributed by atoms with Crippen LogP contribution in [0.15, 0.2) is 53.4 Å². The number of carbonyl (C=O) groups excluding carboxylic acids is 1. The number of amides is 1. The lowest BCUT2D eigenvalue weighted by Crippen LogP contribution is -2.45. The zero-order chi connectivity index (χ0) is 19.7. The molecule has 1 amide bonds. The monoisotopic (exact) mass is 398 g/mol. The summed E-state index contributed by atoms with van der Waals surface area (Å²) in [6.07, 6.45) is 2.06. The first-order valence-electron chi connectivity index (χ1n) is 9.87. The Labute approximate surface area is 167 Å². The van der Waals surface area contributed by atoms with Gasteiger partial charge in [-0.15, -0.1) is 0 Å². The molecule has 1 saturated heterocycles. The van der Waals surface area contributed by atoms with Crippen molar-refractivity contribution in [3.8, 4) is 0 Å². The van der Waals surface area contributed by atoms with Gasteiger partial charge >= 0.3 is 0 Å². The molecule has 5 nitrogen and oxygen atoms in total. The van der Waals surface area contributed by atoms with Crippen LogP contribution in [0.1, 0.15) is 29.5 Å². The van der Waals surface area contributed by atoms with Crippen LogP contribution in [0.5, 0.6) is 0 Å². The maximum absolute atomic E-state index is 13.0. The Hall–Kier alpha value is -2.18. The summed E-state index contributed by atoms with van der Waals surface area (Å²) in [5.74, 6) is 0.0802. The van der Waals surface area contributed by atoms with Crippen molar-refractivity contribution in [3.05, 3.63) is 65.2 Å². The lowest BCUT2D eigenvalue weighted by Gasteiger charge is -2.35. The van der Waals surface area contributed by atoms with Gasteiger partial charge in [-0.2, -0.15) is 4.31 Å². The van der Waals surface area contributed by atoms with Gasteiger partial charge in [-0.25, -0.2) is 8.42 Å². The lowest BCUT2D eigenvalue weighted by molar-refractivity contribution is -0.137. The Bertz CT molecular complexity index is 962. The molecule has 148 valence electrons. The number of rotatable bonds is 3. The van der Waals surface area contributed by atoms with E-state index >= 15 is 0 Å². The molecule has 0 aromatic heterocycles. The van der Waals surface area contributed by atoms with Crippen molar-refractivity contribution in [3.63, 3.8) is 0 Å². The van der Waals surface area contributed by atoms with E-state index in [1.165, 1.54) is 15.4 Å². The number of piperidine rings is 1. The average Bonchev–Trinajstić information content (AvgIpc) is 2.73. The molecule has 2 aromatic rings. The van der Waals surface area contributed by atoms with Gasteiger partial charge in [0.1, 0.15) is 0 Å². The van der Waals surface area contributed by atoms with Crippen molar-refractivity contribution >= 4 is 15.9 Å². The summed E-state index contributed by atoms with van der Waals surface area (Å²) in [7, 11) is -3.48. The Morgan fingerprint density at radius 3 is 2.25 bits per heavy atom. The number of sulfonamides is 1. The Morgan fingerprint density at radius 2 is 1.57 bits per heavy atom. The molecule has 0 bridgehead atoms. The van der Waals surface area contributed by atoms with Gasteiger partial charge in [0.15, 0.2) is 0 Å². The van der Waals surface area contributed by atoms with Crippen molar-refractivity contribution in [2.24, 2.45) is 5.92 Å². The van der Waals surface area contributed by atoms with Gasteiger partial charge < -0.3 is 4.90 Å². The second-order valence-electron chi connectivity index (χ2n) is 7.77. The summed E-state index contributed by atoms with van der Waals surface area (Å²) in [5, 5.41) is 0. The highest BCUT2D eigenvalue weighted by atomic mass is 32.2. The van der Waals surface area contributed by atoms with E-state index in [0.29, 0.717) is 37.4 Å². The van der Waals surface area contributed by atoms with E-state index < -0.39 is 10.0 Å². The Morgan fingerprint density at radius 1 is 0.929 bits per heavy atom. The van der Waals surface area contributed by atoms with Crippen LogP contribution in [0.3, 0.4) is 0 Å². The van der Waals surface area contributed by atoms with E-state index in [1.54, 1.807) is 12.1 Å². The van der Waals surface area contributed by atoms with Gasteiger partial charge in [0.25, 0.3) is 0 Å². The Kier molecular flexibility index (Phi) is 5.25. The van der Waals surface area contributed by atoms with Gasteiger partial charge in [-0.3, -0.25) is 4.79 Å².